The molecule has 0 saturated carbocycles. The molecular formula is C17H15ClN2O. The highest BCUT2D eigenvalue weighted by atomic mass is 35.5. The van der Waals surface area contributed by atoms with Crippen molar-refractivity contribution in [2.24, 2.45) is 0 Å². The number of nitrogens with one attached hydrogen (secondary N) is 1. The van der Waals surface area contributed by atoms with Crippen LogP contribution in [0.3, 0.4) is 0 Å². The number of halogens is 1. The predicted molar refractivity (Wildman–Crippen MR) is 83.5 cm³/mol. The zero-order valence-electron chi connectivity index (χ0n) is 11.5. The number of nitriles is 1. The van der Waals surface area contributed by atoms with Gasteiger partial charge in [-0.05, 0) is 35.7 Å². The second-order valence-corrected chi connectivity index (χ2v) is 5.40. The molecule has 1 heterocycles. The lowest BCUT2D eigenvalue weighted by molar-refractivity contribution is 0.0513. The number of hydrogen-bond donors (Lipinski definition) is 1. The lowest BCUT2D eigenvalue weighted by Gasteiger charge is -2.26. The molecule has 1 atom stereocenters. The zero-order valence-corrected chi connectivity index (χ0v) is 12.2. The molecule has 0 saturated heterocycles. The van der Waals surface area contributed by atoms with Crippen LogP contribution in [-0.2, 0) is 11.2 Å². The number of fused-ring (bicyclic) bond motifs is 1. The van der Waals surface area contributed by atoms with E-state index < -0.39 is 0 Å². The molecule has 1 N–H and O–H groups in total. The van der Waals surface area contributed by atoms with Crippen LogP contribution < -0.4 is 5.32 Å². The van der Waals surface area contributed by atoms with E-state index in [1.807, 2.05) is 6.07 Å². The molecule has 0 aromatic heterocycles. The summed E-state index contributed by atoms with van der Waals surface area (Å²) in [7, 11) is 0. The molecule has 0 amide bonds. The van der Waals surface area contributed by atoms with Gasteiger partial charge in [-0.2, -0.15) is 5.26 Å². The Morgan fingerprint density at radius 3 is 3.00 bits per heavy atom. The summed E-state index contributed by atoms with van der Waals surface area (Å²) in [5.41, 5.74) is 3.92. The molecule has 106 valence electrons. The third kappa shape index (κ3) is 3.02. The maximum Gasteiger partial charge on any atom is 0.0999 e. The minimum atomic E-state index is 0.0109. The van der Waals surface area contributed by atoms with E-state index in [4.69, 9.17) is 21.6 Å². The molecule has 2 aromatic carbocycles. The van der Waals surface area contributed by atoms with E-state index in [2.05, 4.69) is 29.6 Å². The average Bonchev–Trinajstić information content (AvgIpc) is 2.54. The Morgan fingerprint density at radius 2 is 2.14 bits per heavy atom. The number of rotatable bonds is 3. The van der Waals surface area contributed by atoms with E-state index in [0.717, 1.165) is 18.7 Å². The highest BCUT2D eigenvalue weighted by Crippen LogP contribution is 2.29. The van der Waals surface area contributed by atoms with Crippen LogP contribution in [0.4, 0.5) is 5.69 Å². The van der Waals surface area contributed by atoms with E-state index in [1.54, 1.807) is 18.2 Å². The summed E-state index contributed by atoms with van der Waals surface area (Å²) in [4.78, 5) is 0. The van der Waals surface area contributed by atoms with Crippen LogP contribution in [0.15, 0.2) is 42.5 Å². The molecule has 4 heteroatoms. The molecular weight excluding hydrogens is 284 g/mol. The van der Waals surface area contributed by atoms with Gasteiger partial charge in [-0.1, -0.05) is 35.9 Å². The summed E-state index contributed by atoms with van der Waals surface area (Å²) < 4.78 is 5.85. The molecule has 3 nitrogen and oxygen atoms in total. The Kier molecular flexibility index (Phi) is 4.10. The minimum absolute atomic E-state index is 0.0109. The van der Waals surface area contributed by atoms with Crippen molar-refractivity contribution in [1.29, 1.82) is 5.26 Å². The van der Waals surface area contributed by atoms with E-state index >= 15 is 0 Å². The third-order valence-corrected chi connectivity index (χ3v) is 4.00. The third-order valence-electron chi connectivity index (χ3n) is 3.67. The molecule has 0 bridgehead atoms. The molecule has 3 rings (SSSR count). The first kappa shape index (κ1) is 13.9. The summed E-state index contributed by atoms with van der Waals surface area (Å²) in [6, 6.07) is 15.7. The lowest BCUT2D eigenvalue weighted by atomic mass is 9.97. The van der Waals surface area contributed by atoms with Gasteiger partial charge in [0, 0.05) is 6.54 Å². The van der Waals surface area contributed by atoms with E-state index in [9.17, 15) is 0 Å². The fraction of sp³-hybridized carbons (Fsp3) is 0.235. The van der Waals surface area contributed by atoms with Crippen LogP contribution in [0.5, 0.6) is 0 Å². The second-order valence-electron chi connectivity index (χ2n) is 5.00. The fourth-order valence-electron chi connectivity index (χ4n) is 2.58. The first-order valence-corrected chi connectivity index (χ1v) is 7.28. The quantitative estimate of drug-likeness (QED) is 0.933. The fourth-order valence-corrected chi connectivity index (χ4v) is 2.76. The number of hydrogen-bond acceptors (Lipinski definition) is 3. The van der Waals surface area contributed by atoms with E-state index in [-0.39, 0.29) is 6.10 Å². The van der Waals surface area contributed by atoms with E-state index in [0.29, 0.717) is 17.1 Å². The number of benzene rings is 2. The highest BCUT2D eigenvalue weighted by molar-refractivity contribution is 6.33. The summed E-state index contributed by atoms with van der Waals surface area (Å²) in [5.74, 6) is 0. The lowest BCUT2D eigenvalue weighted by Crippen LogP contribution is -2.22. The first-order valence-electron chi connectivity index (χ1n) is 6.91. The smallest absolute Gasteiger partial charge is 0.0999 e. The van der Waals surface area contributed by atoms with Crippen molar-refractivity contribution in [1.82, 2.24) is 0 Å². The molecule has 21 heavy (non-hydrogen) atoms. The Bertz CT molecular complexity index is 693. The van der Waals surface area contributed by atoms with Crippen LogP contribution in [0.2, 0.25) is 5.02 Å². The van der Waals surface area contributed by atoms with Crippen LogP contribution >= 0.6 is 11.6 Å². The van der Waals surface area contributed by atoms with E-state index in [1.165, 1.54) is 11.1 Å². The highest BCUT2D eigenvalue weighted by Gasteiger charge is 2.20. The van der Waals surface area contributed by atoms with Gasteiger partial charge >= 0.3 is 0 Å². The maximum absolute atomic E-state index is 8.95. The summed E-state index contributed by atoms with van der Waals surface area (Å²) in [6.45, 7) is 1.36. The average molecular weight is 299 g/mol. The molecule has 0 fully saturated rings. The molecule has 0 aliphatic carbocycles. The Labute approximate surface area is 129 Å². The predicted octanol–water partition coefficient (Wildman–Crippen LogP) is 3.94. The topological polar surface area (TPSA) is 45.0 Å². The molecule has 0 radical (unpaired) electrons. The van der Waals surface area contributed by atoms with Gasteiger partial charge in [-0.3, -0.25) is 0 Å². The van der Waals surface area contributed by atoms with Gasteiger partial charge in [0.15, 0.2) is 0 Å². The van der Waals surface area contributed by atoms with Gasteiger partial charge in [0.05, 0.1) is 35.1 Å². The van der Waals surface area contributed by atoms with Crippen molar-refractivity contribution in [3.63, 3.8) is 0 Å². The molecule has 2 aromatic rings. The van der Waals surface area contributed by atoms with Gasteiger partial charge in [-0.25, -0.2) is 0 Å². The van der Waals surface area contributed by atoms with Crippen molar-refractivity contribution in [3.05, 3.63) is 64.2 Å². The van der Waals surface area contributed by atoms with Gasteiger partial charge in [0.2, 0.25) is 0 Å². The second kappa shape index (κ2) is 6.17. The Balaban J connectivity index is 1.76. The van der Waals surface area contributed by atoms with Crippen molar-refractivity contribution >= 4 is 17.3 Å². The molecule has 1 unspecified atom stereocenters. The van der Waals surface area contributed by atoms with Crippen molar-refractivity contribution in [3.8, 4) is 6.07 Å². The summed E-state index contributed by atoms with van der Waals surface area (Å²) in [6.07, 6.45) is 0.967. The van der Waals surface area contributed by atoms with Gasteiger partial charge in [0.25, 0.3) is 0 Å². The Hall–Kier alpha value is -2.02. The van der Waals surface area contributed by atoms with Crippen molar-refractivity contribution in [2.75, 3.05) is 18.5 Å². The summed E-state index contributed by atoms with van der Waals surface area (Å²) >= 11 is 6.16. The number of nitrogens with zero attached hydrogens (tertiary/aromatic N) is 1. The molecule has 1 aliphatic rings. The van der Waals surface area contributed by atoms with Crippen LogP contribution in [0.25, 0.3) is 0 Å². The van der Waals surface area contributed by atoms with Gasteiger partial charge < -0.3 is 10.1 Å². The first-order chi connectivity index (χ1) is 10.3. The summed E-state index contributed by atoms with van der Waals surface area (Å²) in [5, 5.41) is 12.9. The normalized spacial score (nSPS) is 16.9. The SMILES string of the molecule is N#Cc1ccc(Cl)c(NCC2OCCc3ccccc32)c1. The van der Waals surface area contributed by atoms with Crippen LogP contribution in [-0.4, -0.2) is 13.2 Å². The van der Waals surface area contributed by atoms with Gasteiger partial charge in [0.1, 0.15) is 0 Å². The maximum atomic E-state index is 8.95. The standard InChI is InChI=1S/C17H15ClN2O/c18-15-6-5-12(10-19)9-16(15)20-11-17-14-4-2-1-3-13(14)7-8-21-17/h1-6,9,17,20H,7-8,11H2. The number of anilines is 1. The van der Waals surface area contributed by atoms with Gasteiger partial charge in [-0.15, -0.1) is 0 Å². The van der Waals surface area contributed by atoms with Crippen molar-refractivity contribution in [2.45, 2.75) is 12.5 Å². The molecule has 1 aliphatic heterocycles. The minimum Gasteiger partial charge on any atom is -0.381 e. The van der Waals surface area contributed by atoms with Crippen LogP contribution in [0, 0.1) is 11.3 Å². The largest absolute Gasteiger partial charge is 0.381 e. The van der Waals surface area contributed by atoms with Crippen molar-refractivity contribution < 1.29 is 4.74 Å². The zero-order chi connectivity index (χ0) is 14.7. The van der Waals surface area contributed by atoms with Crippen LogP contribution in [0.1, 0.15) is 22.8 Å². The Morgan fingerprint density at radius 1 is 1.29 bits per heavy atom. The monoisotopic (exact) mass is 298 g/mol. The number of ether oxygens (including phenoxy) is 1. The molecule has 0 spiro atoms.